The van der Waals surface area contributed by atoms with Crippen molar-refractivity contribution in [3.63, 3.8) is 0 Å². The predicted molar refractivity (Wildman–Crippen MR) is 83.8 cm³/mol. The summed E-state index contributed by atoms with van der Waals surface area (Å²) < 4.78 is 13.8. The molecule has 118 valence electrons. The normalized spacial score (nSPS) is 21.9. The van der Waals surface area contributed by atoms with E-state index in [4.69, 9.17) is 11.6 Å². The van der Waals surface area contributed by atoms with Gasteiger partial charge in [0.1, 0.15) is 12.1 Å². The van der Waals surface area contributed by atoms with E-state index in [-0.39, 0.29) is 23.8 Å². The summed E-state index contributed by atoms with van der Waals surface area (Å²) in [6, 6.07) is 3.83. The third kappa shape index (κ3) is 2.43. The van der Waals surface area contributed by atoms with Crippen LogP contribution in [0, 0.1) is 5.82 Å². The Morgan fingerprint density at radius 1 is 1.39 bits per heavy atom. The second-order valence-electron chi connectivity index (χ2n) is 5.84. The molecule has 2 aliphatic rings. The van der Waals surface area contributed by atoms with Crippen molar-refractivity contribution in [2.24, 2.45) is 0 Å². The van der Waals surface area contributed by atoms with Gasteiger partial charge < -0.3 is 10.2 Å². The topological polar surface area (TPSA) is 58.1 Å². The third-order valence-corrected chi connectivity index (χ3v) is 4.76. The summed E-state index contributed by atoms with van der Waals surface area (Å²) in [5.41, 5.74) is 2.09. The van der Waals surface area contributed by atoms with Gasteiger partial charge >= 0.3 is 6.03 Å². The number of rotatable bonds is 1. The molecule has 7 heteroatoms. The lowest BCUT2D eigenvalue weighted by Gasteiger charge is -2.35. The summed E-state index contributed by atoms with van der Waals surface area (Å²) in [6.45, 7) is 0. The fourth-order valence-corrected chi connectivity index (χ4v) is 3.68. The monoisotopic (exact) mass is 332 g/mol. The van der Waals surface area contributed by atoms with Crippen LogP contribution in [0.2, 0.25) is 5.02 Å². The fourth-order valence-electron chi connectivity index (χ4n) is 3.51. The third-order valence-electron chi connectivity index (χ3n) is 4.52. The fraction of sp³-hybridized carbons (Fsp3) is 0.312. The van der Waals surface area contributed by atoms with Gasteiger partial charge in [-0.25, -0.2) is 19.2 Å². The van der Waals surface area contributed by atoms with Crippen molar-refractivity contribution in [2.75, 3.05) is 5.32 Å². The van der Waals surface area contributed by atoms with Crippen molar-refractivity contribution >= 4 is 23.3 Å². The van der Waals surface area contributed by atoms with Gasteiger partial charge in [-0.15, -0.1) is 0 Å². The Hall–Kier alpha value is -2.21. The van der Waals surface area contributed by atoms with E-state index in [0.29, 0.717) is 11.4 Å². The largest absolute Gasteiger partial charge is 0.322 e. The van der Waals surface area contributed by atoms with Crippen LogP contribution in [0.15, 0.2) is 30.7 Å². The molecule has 0 unspecified atom stereocenters. The van der Waals surface area contributed by atoms with Crippen LogP contribution in [0.1, 0.15) is 30.1 Å². The number of halogens is 2. The van der Waals surface area contributed by atoms with E-state index in [9.17, 15) is 9.18 Å². The number of anilines is 1. The highest BCUT2D eigenvalue weighted by atomic mass is 35.5. The molecule has 0 spiro atoms. The first kappa shape index (κ1) is 14.4. The van der Waals surface area contributed by atoms with Gasteiger partial charge in [0, 0.05) is 29.2 Å². The zero-order valence-electron chi connectivity index (χ0n) is 12.2. The summed E-state index contributed by atoms with van der Waals surface area (Å²) in [7, 11) is 0. The van der Waals surface area contributed by atoms with Crippen LogP contribution in [-0.4, -0.2) is 26.9 Å². The minimum absolute atomic E-state index is 0.0489. The van der Waals surface area contributed by atoms with Gasteiger partial charge in [-0.1, -0.05) is 11.6 Å². The highest BCUT2D eigenvalue weighted by molar-refractivity contribution is 6.30. The molecule has 5 nitrogen and oxygen atoms in total. The van der Waals surface area contributed by atoms with Gasteiger partial charge in [0.2, 0.25) is 0 Å². The molecule has 2 aliphatic heterocycles. The summed E-state index contributed by atoms with van der Waals surface area (Å²) in [5.74, 6) is -0.504. The van der Waals surface area contributed by atoms with Crippen LogP contribution in [0.4, 0.5) is 14.9 Å². The lowest BCUT2D eigenvalue weighted by Crippen LogP contribution is -2.44. The number of carbonyl (C=O) groups is 1. The molecular weight excluding hydrogens is 319 g/mol. The molecule has 1 aromatic carbocycles. The van der Waals surface area contributed by atoms with E-state index in [1.54, 1.807) is 11.1 Å². The number of nitrogens with zero attached hydrogens (tertiary/aromatic N) is 3. The lowest BCUT2D eigenvalue weighted by molar-refractivity contribution is 0.178. The van der Waals surface area contributed by atoms with E-state index in [0.717, 1.165) is 24.1 Å². The van der Waals surface area contributed by atoms with E-state index in [2.05, 4.69) is 15.3 Å². The van der Waals surface area contributed by atoms with Crippen molar-refractivity contribution in [3.8, 4) is 0 Å². The number of nitrogens with one attached hydrogen (secondary N) is 1. The average Bonchev–Trinajstić information content (AvgIpc) is 2.86. The van der Waals surface area contributed by atoms with Crippen LogP contribution in [-0.2, 0) is 6.42 Å². The first-order valence-corrected chi connectivity index (χ1v) is 7.84. The van der Waals surface area contributed by atoms with E-state index in [1.807, 2.05) is 0 Å². The molecule has 0 radical (unpaired) electrons. The number of benzene rings is 1. The number of urea groups is 1. The number of hydrogen-bond donors (Lipinski definition) is 1. The van der Waals surface area contributed by atoms with Crippen molar-refractivity contribution in [3.05, 3.63) is 52.8 Å². The highest BCUT2D eigenvalue weighted by Crippen LogP contribution is 2.43. The summed E-state index contributed by atoms with van der Waals surface area (Å²) in [5, 5.41) is 3.02. The molecule has 23 heavy (non-hydrogen) atoms. The second-order valence-corrected chi connectivity index (χ2v) is 6.27. The Kier molecular flexibility index (Phi) is 3.41. The Morgan fingerprint density at radius 2 is 2.26 bits per heavy atom. The van der Waals surface area contributed by atoms with Gasteiger partial charge in [0.05, 0.1) is 17.4 Å². The maximum atomic E-state index is 13.8. The number of aromatic nitrogens is 2. The lowest BCUT2D eigenvalue weighted by atomic mass is 10.00. The Bertz CT molecular complexity index is 784. The van der Waals surface area contributed by atoms with Gasteiger partial charge in [0.25, 0.3) is 0 Å². The average molecular weight is 333 g/mol. The summed E-state index contributed by atoms with van der Waals surface area (Å²) in [6.07, 6.45) is 5.80. The van der Waals surface area contributed by atoms with Gasteiger partial charge in [0.15, 0.2) is 0 Å². The number of fused-ring (bicyclic) bond motifs is 4. The minimum atomic E-state index is -0.504. The van der Waals surface area contributed by atoms with Crippen molar-refractivity contribution in [1.82, 2.24) is 14.9 Å². The van der Waals surface area contributed by atoms with Crippen molar-refractivity contribution in [2.45, 2.75) is 31.3 Å². The Morgan fingerprint density at radius 3 is 3.13 bits per heavy atom. The van der Waals surface area contributed by atoms with Gasteiger partial charge in [-0.05, 0) is 31.0 Å². The first-order valence-electron chi connectivity index (χ1n) is 7.46. The highest BCUT2D eigenvalue weighted by Gasteiger charge is 2.43. The molecule has 1 aromatic heterocycles. The van der Waals surface area contributed by atoms with E-state index < -0.39 is 5.82 Å². The smallest absolute Gasteiger partial charge is 0.314 e. The molecule has 2 atom stereocenters. The number of hydrogen-bond acceptors (Lipinski definition) is 3. The van der Waals surface area contributed by atoms with E-state index in [1.165, 1.54) is 24.5 Å². The second kappa shape index (κ2) is 5.45. The van der Waals surface area contributed by atoms with Crippen molar-refractivity contribution < 1.29 is 9.18 Å². The molecule has 4 rings (SSSR count). The predicted octanol–water partition coefficient (Wildman–Crippen LogP) is 3.56. The molecule has 1 N–H and O–H groups in total. The van der Waals surface area contributed by atoms with Crippen LogP contribution < -0.4 is 5.32 Å². The number of carbonyl (C=O) groups excluding carboxylic acids is 1. The minimum Gasteiger partial charge on any atom is -0.314 e. The molecule has 2 aromatic rings. The first-order chi connectivity index (χ1) is 11.1. The maximum Gasteiger partial charge on any atom is 0.322 e. The van der Waals surface area contributed by atoms with Crippen molar-refractivity contribution in [1.29, 1.82) is 0 Å². The molecular formula is C16H14ClFN4O. The summed E-state index contributed by atoms with van der Waals surface area (Å²) in [4.78, 5) is 22.8. The Balaban J connectivity index is 1.62. The van der Waals surface area contributed by atoms with Gasteiger partial charge in [-0.2, -0.15) is 0 Å². The zero-order chi connectivity index (χ0) is 16.0. The SMILES string of the molecule is O=C(Nc1cc(Cl)ccc1F)N1[C@@H]2CC[C@H]1c1cncnc1C2. The van der Waals surface area contributed by atoms with Crippen LogP contribution >= 0.6 is 11.6 Å². The molecule has 0 aliphatic carbocycles. The molecule has 2 bridgehead atoms. The molecule has 1 saturated heterocycles. The number of amides is 2. The quantitative estimate of drug-likeness (QED) is 0.868. The zero-order valence-corrected chi connectivity index (χ0v) is 12.9. The molecule has 2 amide bonds. The van der Waals surface area contributed by atoms with E-state index >= 15 is 0 Å². The molecule has 0 saturated carbocycles. The maximum absolute atomic E-state index is 13.8. The summed E-state index contributed by atoms with van der Waals surface area (Å²) >= 11 is 5.87. The van der Waals surface area contributed by atoms with Crippen LogP contribution in [0.25, 0.3) is 0 Å². The Labute approximate surface area is 137 Å². The standard InChI is InChI=1S/C16H14ClFN4O/c17-9-1-3-12(18)14(5-9)21-16(23)22-10-2-4-15(22)11-7-19-8-20-13(11)6-10/h1,3,5,7-8,10,15H,2,4,6H2,(H,21,23)/t10-,15+/m1/s1. The van der Waals surface area contributed by atoms with Crippen LogP contribution in [0.5, 0.6) is 0 Å². The van der Waals surface area contributed by atoms with Gasteiger partial charge in [-0.3, -0.25) is 0 Å². The van der Waals surface area contributed by atoms with Crippen LogP contribution in [0.3, 0.4) is 0 Å². The molecule has 3 heterocycles. The molecule has 1 fully saturated rings.